The van der Waals surface area contributed by atoms with E-state index in [1.807, 2.05) is 18.2 Å². The van der Waals surface area contributed by atoms with Gasteiger partial charge in [0.15, 0.2) is 5.65 Å². The van der Waals surface area contributed by atoms with Gasteiger partial charge in [0, 0.05) is 16.3 Å². The zero-order valence-corrected chi connectivity index (χ0v) is 12.2. The smallest absolute Gasteiger partial charge is 0.178 e. The van der Waals surface area contributed by atoms with Crippen molar-refractivity contribution < 1.29 is 0 Å². The van der Waals surface area contributed by atoms with Crippen LogP contribution >= 0.6 is 0 Å². The number of hydrogen-bond acceptors (Lipinski definition) is 3. The molecule has 2 aromatic carbocycles. The summed E-state index contributed by atoms with van der Waals surface area (Å²) in [7, 11) is 0. The van der Waals surface area contributed by atoms with Crippen LogP contribution in [0.4, 0.5) is 0 Å². The van der Waals surface area contributed by atoms with Gasteiger partial charge in [-0.2, -0.15) is 0 Å². The monoisotopic (exact) mass is 296 g/mol. The molecule has 5 rings (SSSR count). The molecule has 0 aliphatic carbocycles. The van der Waals surface area contributed by atoms with Crippen molar-refractivity contribution in [2.75, 3.05) is 0 Å². The molecule has 0 radical (unpaired) electrons. The molecule has 3 heterocycles. The topological polar surface area (TPSA) is 54.5 Å². The van der Waals surface area contributed by atoms with Crippen molar-refractivity contribution in [3.05, 3.63) is 67.0 Å². The van der Waals surface area contributed by atoms with E-state index in [0.29, 0.717) is 0 Å². The Kier molecular flexibility index (Phi) is 2.46. The fraction of sp³-hybridized carbons (Fsp3) is 0. The van der Waals surface area contributed by atoms with E-state index in [1.165, 1.54) is 0 Å². The number of imidazole rings is 1. The van der Waals surface area contributed by atoms with Gasteiger partial charge in [-0.1, -0.05) is 48.5 Å². The molecule has 0 atom stereocenters. The molecule has 0 aliphatic rings. The highest BCUT2D eigenvalue weighted by Crippen LogP contribution is 2.27. The van der Waals surface area contributed by atoms with Crippen LogP contribution in [-0.4, -0.2) is 19.9 Å². The third kappa shape index (κ3) is 1.89. The molecule has 23 heavy (non-hydrogen) atoms. The molecule has 0 fully saturated rings. The van der Waals surface area contributed by atoms with Crippen LogP contribution in [0.1, 0.15) is 0 Å². The molecule has 0 aliphatic heterocycles. The number of rotatable bonds is 1. The maximum atomic E-state index is 4.86. The van der Waals surface area contributed by atoms with Crippen molar-refractivity contribution >= 4 is 33.0 Å². The SMILES string of the molecule is c1ccc(-c2ccc3ccc4cc5[nH]cnc5nc4c3n2)cc1. The molecule has 3 aromatic heterocycles. The summed E-state index contributed by atoms with van der Waals surface area (Å²) in [4.78, 5) is 16.9. The maximum absolute atomic E-state index is 4.86. The third-order valence-corrected chi connectivity index (χ3v) is 4.10. The highest BCUT2D eigenvalue weighted by atomic mass is 15.0. The van der Waals surface area contributed by atoms with E-state index in [-0.39, 0.29) is 0 Å². The lowest BCUT2D eigenvalue weighted by molar-refractivity contribution is 1.32. The van der Waals surface area contributed by atoms with Crippen molar-refractivity contribution in [2.45, 2.75) is 0 Å². The fourth-order valence-electron chi connectivity index (χ4n) is 2.95. The summed E-state index contributed by atoms with van der Waals surface area (Å²) in [5, 5.41) is 2.14. The van der Waals surface area contributed by atoms with Crippen LogP contribution in [0.25, 0.3) is 44.2 Å². The number of aromatic amines is 1. The number of hydrogen-bond donors (Lipinski definition) is 1. The second-order valence-corrected chi connectivity index (χ2v) is 5.53. The fourth-order valence-corrected chi connectivity index (χ4v) is 2.95. The van der Waals surface area contributed by atoms with Crippen molar-refractivity contribution in [2.24, 2.45) is 0 Å². The van der Waals surface area contributed by atoms with Gasteiger partial charge in [-0.05, 0) is 12.1 Å². The van der Waals surface area contributed by atoms with Crippen LogP contribution in [0.2, 0.25) is 0 Å². The molecule has 1 N–H and O–H groups in total. The van der Waals surface area contributed by atoms with Gasteiger partial charge in [-0.3, -0.25) is 0 Å². The van der Waals surface area contributed by atoms with E-state index in [1.54, 1.807) is 6.33 Å². The number of nitrogens with one attached hydrogen (secondary N) is 1. The molecule has 108 valence electrons. The van der Waals surface area contributed by atoms with Crippen LogP contribution in [-0.2, 0) is 0 Å². The first-order valence-corrected chi connectivity index (χ1v) is 7.47. The minimum absolute atomic E-state index is 0.719. The largest absolute Gasteiger partial charge is 0.343 e. The van der Waals surface area contributed by atoms with E-state index in [9.17, 15) is 0 Å². The Morgan fingerprint density at radius 1 is 0.739 bits per heavy atom. The Bertz CT molecular complexity index is 1160. The summed E-state index contributed by atoms with van der Waals surface area (Å²) >= 11 is 0. The molecule has 0 saturated carbocycles. The highest BCUT2D eigenvalue weighted by Gasteiger charge is 2.08. The standard InChI is InChI=1S/C19H12N4/c1-2-4-12(5-3-1)15-9-8-13-6-7-14-10-16-19(21-11-20-16)23-18(14)17(13)22-15/h1-11H,(H,20,21,23). The first-order valence-electron chi connectivity index (χ1n) is 7.47. The van der Waals surface area contributed by atoms with E-state index in [2.05, 4.69) is 52.4 Å². The van der Waals surface area contributed by atoms with Crippen molar-refractivity contribution in [1.29, 1.82) is 0 Å². The number of nitrogens with zero attached hydrogens (tertiary/aromatic N) is 3. The molecule has 5 aromatic rings. The molecular weight excluding hydrogens is 284 g/mol. The minimum atomic E-state index is 0.719. The van der Waals surface area contributed by atoms with Crippen molar-refractivity contribution in [3.8, 4) is 11.3 Å². The second-order valence-electron chi connectivity index (χ2n) is 5.53. The van der Waals surface area contributed by atoms with E-state index in [4.69, 9.17) is 9.97 Å². The molecule has 0 saturated heterocycles. The summed E-state index contributed by atoms with van der Waals surface area (Å²) in [6.45, 7) is 0. The van der Waals surface area contributed by atoms with Gasteiger partial charge in [0.2, 0.25) is 0 Å². The maximum Gasteiger partial charge on any atom is 0.178 e. The molecule has 4 heteroatoms. The van der Waals surface area contributed by atoms with E-state index >= 15 is 0 Å². The first kappa shape index (κ1) is 12.3. The third-order valence-electron chi connectivity index (χ3n) is 4.10. The van der Waals surface area contributed by atoms with Crippen molar-refractivity contribution in [3.63, 3.8) is 0 Å². The number of H-pyrrole nitrogens is 1. The first-order chi connectivity index (χ1) is 11.4. The number of aromatic nitrogens is 4. The Labute approximate surface area is 131 Å². The van der Waals surface area contributed by atoms with Crippen LogP contribution in [0.5, 0.6) is 0 Å². The number of pyridine rings is 2. The van der Waals surface area contributed by atoms with Gasteiger partial charge >= 0.3 is 0 Å². The van der Waals surface area contributed by atoms with Gasteiger partial charge in [-0.25, -0.2) is 15.0 Å². The van der Waals surface area contributed by atoms with Crippen LogP contribution in [0.15, 0.2) is 67.0 Å². The predicted octanol–water partition coefficient (Wildman–Crippen LogP) is 4.33. The van der Waals surface area contributed by atoms with Gasteiger partial charge in [0.1, 0.15) is 0 Å². The highest BCUT2D eigenvalue weighted by molar-refractivity contribution is 6.06. The minimum Gasteiger partial charge on any atom is -0.343 e. The molecule has 0 bridgehead atoms. The number of benzene rings is 2. The van der Waals surface area contributed by atoms with Gasteiger partial charge in [0.05, 0.1) is 28.6 Å². The van der Waals surface area contributed by atoms with Gasteiger partial charge in [-0.15, -0.1) is 0 Å². The summed E-state index contributed by atoms with van der Waals surface area (Å²) < 4.78 is 0. The average molecular weight is 296 g/mol. The summed E-state index contributed by atoms with van der Waals surface area (Å²) in [6.07, 6.45) is 1.67. The summed E-state index contributed by atoms with van der Waals surface area (Å²) in [5.74, 6) is 0. The Morgan fingerprint density at radius 3 is 2.43 bits per heavy atom. The zero-order valence-electron chi connectivity index (χ0n) is 12.2. The Morgan fingerprint density at radius 2 is 1.52 bits per heavy atom. The number of fused-ring (bicyclic) bond motifs is 4. The molecule has 4 nitrogen and oxygen atoms in total. The van der Waals surface area contributed by atoms with Crippen LogP contribution in [0, 0.1) is 0 Å². The Hall–Kier alpha value is -3.27. The normalized spacial score (nSPS) is 11.5. The van der Waals surface area contributed by atoms with Crippen LogP contribution in [0.3, 0.4) is 0 Å². The average Bonchev–Trinajstić information content (AvgIpc) is 3.07. The lowest BCUT2D eigenvalue weighted by atomic mass is 10.1. The van der Waals surface area contributed by atoms with E-state index < -0.39 is 0 Å². The molecular formula is C19H12N4. The molecule has 0 unspecified atom stereocenters. The summed E-state index contributed by atoms with van der Waals surface area (Å²) in [6, 6.07) is 20.6. The zero-order chi connectivity index (χ0) is 15.2. The van der Waals surface area contributed by atoms with E-state index in [0.717, 1.165) is 44.2 Å². The van der Waals surface area contributed by atoms with Gasteiger partial charge in [0.25, 0.3) is 0 Å². The van der Waals surface area contributed by atoms with Gasteiger partial charge < -0.3 is 4.98 Å². The molecule has 0 spiro atoms. The summed E-state index contributed by atoms with van der Waals surface area (Å²) in [5.41, 5.74) is 5.52. The Balaban J connectivity index is 1.87. The lowest BCUT2D eigenvalue weighted by Crippen LogP contribution is -1.89. The molecule has 0 amide bonds. The van der Waals surface area contributed by atoms with Crippen LogP contribution < -0.4 is 0 Å². The predicted molar refractivity (Wildman–Crippen MR) is 92.1 cm³/mol. The lowest BCUT2D eigenvalue weighted by Gasteiger charge is -2.06. The van der Waals surface area contributed by atoms with Crippen molar-refractivity contribution in [1.82, 2.24) is 19.9 Å². The quantitative estimate of drug-likeness (QED) is 0.468. The second kappa shape index (κ2) is 4.61.